The molecule has 1 aromatic heterocycles. The van der Waals surface area contributed by atoms with Gasteiger partial charge in [0.25, 0.3) is 5.91 Å². The van der Waals surface area contributed by atoms with Crippen LogP contribution in [0.4, 0.5) is 0 Å². The van der Waals surface area contributed by atoms with Crippen molar-refractivity contribution in [3.05, 3.63) is 48.0 Å². The number of nitrogens with one attached hydrogen (secondary N) is 1. The van der Waals surface area contributed by atoms with Crippen LogP contribution in [0, 0.1) is 0 Å². The lowest BCUT2D eigenvalue weighted by molar-refractivity contribution is -0.869. The van der Waals surface area contributed by atoms with E-state index in [0.29, 0.717) is 17.8 Å². The number of nitrogens with zero attached hydrogens (tertiary/aromatic N) is 4. The number of halogens is 1. The van der Waals surface area contributed by atoms with E-state index in [1.807, 2.05) is 24.3 Å². The van der Waals surface area contributed by atoms with Gasteiger partial charge in [-0.25, -0.2) is 0 Å². The van der Waals surface area contributed by atoms with Crippen molar-refractivity contribution in [1.82, 2.24) is 20.3 Å². The summed E-state index contributed by atoms with van der Waals surface area (Å²) in [6.07, 6.45) is 0. The predicted molar refractivity (Wildman–Crippen MR) is 95.8 cm³/mol. The molecular weight excluding hydrogens is 354 g/mol. The predicted octanol–water partition coefficient (Wildman–Crippen LogP) is -1.43. The third kappa shape index (κ3) is 4.50. The van der Waals surface area contributed by atoms with Gasteiger partial charge < -0.3 is 27.3 Å². The van der Waals surface area contributed by atoms with E-state index >= 15 is 0 Å². The molecule has 3 aromatic rings. The molecular formula is C18H22ClN5O2. The van der Waals surface area contributed by atoms with Gasteiger partial charge in [-0.15, -0.1) is 15.0 Å². The number of phenols is 1. The summed E-state index contributed by atoms with van der Waals surface area (Å²) in [5.74, 6) is -0.172. The van der Waals surface area contributed by atoms with Crippen LogP contribution < -0.4 is 17.7 Å². The molecule has 0 saturated heterocycles. The highest BCUT2D eigenvalue weighted by Crippen LogP contribution is 2.23. The average molecular weight is 376 g/mol. The fourth-order valence-electron chi connectivity index (χ4n) is 2.40. The topological polar surface area (TPSA) is 80.0 Å². The molecule has 138 valence electrons. The van der Waals surface area contributed by atoms with E-state index in [9.17, 15) is 9.90 Å². The number of carbonyl (C=O) groups is 1. The van der Waals surface area contributed by atoms with Gasteiger partial charge >= 0.3 is 0 Å². The van der Waals surface area contributed by atoms with Crippen LogP contribution in [-0.4, -0.2) is 64.7 Å². The maximum Gasteiger partial charge on any atom is 0.251 e. The molecule has 0 aliphatic carbocycles. The molecule has 0 bridgehead atoms. The number of hydrogen-bond donors (Lipinski definition) is 2. The van der Waals surface area contributed by atoms with E-state index in [1.54, 1.807) is 12.1 Å². The second-order valence-corrected chi connectivity index (χ2v) is 6.95. The first kappa shape index (κ1) is 19.7. The molecule has 0 atom stereocenters. The molecule has 26 heavy (non-hydrogen) atoms. The number of quaternary nitrogens is 1. The molecule has 0 aliphatic rings. The summed E-state index contributed by atoms with van der Waals surface area (Å²) in [5, 5.41) is 21.7. The van der Waals surface area contributed by atoms with E-state index in [-0.39, 0.29) is 24.1 Å². The molecule has 2 N–H and O–H groups in total. The SMILES string of the molecule is C[N+](C)(C)CCNC(=O)c1ccc(O)c(-n2nc3ccccc3n2)c1.[Cl-]. The molecule has 0 unspecified atom stereocenters. The first-order valence-corrected chi connectivity index (χ1v) is 8.08. The van der Waals surface area contributed by atoms with E-state index in [0.717, 1.165) is 22.1 Å². The Balaban J connectivity index is 0.00000243. The number of rotatable bonds is 5. The summed E-state index contributed by atoms with van der Waals surface area (Å²) in [7, 11) is 6.20. The van der Waals surface area contributed by atoms with Crippen LogP contribution in [-0.2, 0) is 0 Å². The van der Waals surface area contributed by atoms with Crippen LogP contribution in [0.5, 0.6) is 5.75 Å². The van der Waals surface area contributed by atoms with Gasteiger partial charge in [0.05, 0.1) is 34.2 Å². The molecule has 2 aromatic carbocycles. The summed E-state index contributed by atoms with van der Waals surface area (Å²) < 4.78 is 0.769. The van der Waals surface area contributed by atoms with Crippen LogP contribution in [0.25, 0.3) is 16.7 Å². The second kappa shape index (κ2) is 7.72. The van der Waals surface area contributed by atoms with Gasteiger partial charge in [0, 0.05) is 5.56 Å². The maximum atomic E-state index is 12.3. The number of aromatic nitrogens is 3. The fourth-order valence-corrected chi connectivity index (χ4v) is 2.40. The summed E-state index contributed by atoms with van der Waals surface area (Å²) >= 11 is 0. The van der Waals surface area contributed by atoms with Gasteiger partial charge in [0.15, 0.2) is 0 Å². The molecule has 3 rings (SSSR count). The van der Waals surface area contributed by atoms with Crippen molar-refractivity contribution >= 4 is 16.9 Å². The van der Waals surface area contributed by atoms with E-state index in [1.165, 1.54) is 10.9 Å². The molecule has 0 radical (unpaired) electrons. The number of amides is 1. The van der Waals surface area contributed by atoms with Crippen molar-refractivity contribution in [2.75, 3.05) is 34.2 Å². The highest BCUT2D eigenvalue weighted by molar-refractivity contribution is 5.95. The Bertz CT molecular complexity index is 884. The zero-order chi connectivity index (χ0) is 18.0. The molecule has 0 fully saturated rings. The lowest BCUT2D eigenvalue weighted by atomic mass is 10.1. The lowest BCUT2D eigenvalue weighted by Crippen LogP contribution is -3.00. The van der Waals surface area contributed by atoms with Crippen molar-refractivity contribution in [2.24, 2.45) is 0 Å². The van der Waals surface area contributed by atoms with E-state index in [4.69, 9.17) is 0 Å². The third-order valence-electron chi connectivity index (χ3n) is 3.81. The molecule has 8 heteroatoms. The minimum absolute atomic E-state index is 0. The minimum Gasteiger partial charge on any atom is -1.00 e. The quantitative estimate of drug-likeness (QED) is 0.536. The number of benzene rings is 2. The Morgan fingerprint density at radius 2 is 1.73 bits per heavy atom. The molecule has 0 saturated carbocycles. The van der Waals surface area contributed by atoms with Crippen molar-refractivity contribution in [1.29, 1.82) is 0 Å². The third-order valence-corrected chi connectivity index (χ3v) is 3.81. The van der Waals surface area contributed by atoms with Gasteiger partial charge in [-0.2, -0.15) is 0 Å². The average Bonchev–Trinajstić information content (AvgIpc) is 2.97. The summed E-state index contributed by atoms with van der Waals surface area (Å²) in [5.41, 5.74) is 2.27. The molecule has 1 amide bonds. The van der Waals surface area contributed by atoms with E-state index in [2.05, 4.69) is 36.7 Å². The van der Waals surface area contributed by atoms with Gasteiger partial charge in [0.1, 0.15) is 22.5 Å². The van der Waals surface area contributed by atoms with Crippen molar-refractivity contribution in [3.63, 3.8) is 0 Å². The summed E-state index contributed by atoms with van der Waals surface area (Å²) in [6.45, 7) is 1.39. The Morgan fingerprint density at radius 3 is 2.31 bits per heavy atom. The fraction of sp³-hybridized carbons (Fsp3) is 0.278. The first-order chi connectivity index (χ1) is 11.8. The van der Waals surface area contributed by atoms with Gasteiger partial charge in [-0.05, 0) is 30.3 Å². The summed E-state index contributed by atoms with van der Waals surface area (Å²) in [4.78, 5) is 13.7. The van der Waals surface area contributed by atoms with Gasteiger partial charge in [0.2, 0.25) is 0 Å². The molecule has 7 nitrogen and oxygen atoms in total. The van der Waals surface area contributed by atoms with Gasteiger partial charge in [-0.1, -0.05) is 12.1 Å². The Labute approximate surface area is 158 Å². The smallest absolute Gasteiger partial charge is 0.251 e. The zero-order valence-corrected chi connectivity index (χ0v) is 15.7. The standard InChI is InChI=1S/C18H21N5O2.ClH/c1-23(2,3)11-10-19-18(25)13-8-9-17(24)16(12-13)22-20-14-6-4-5-7-15(14)21-22;/h4-9,12H,10-11H2,1-3H3,(H-,19,24,25);1H. The normalized spacial score (nSPS) is 11.2. The molecule has 1 heterocycles. The van der Waals surface area contributed by atoms with Crippen LogP contribution in [0.15, 0.2) is 42.5 Å². The molecule has 0 aliphatic heterocycles. The van der Waals surface area contributed by atoms with E-state index < -0.39 is 0 Å². The van der Waals surface area contributed by atoms with Crippen LogP contribution in [0.3, 0.4) is 0 Å². The van der Waals surface area contributed by atoms with Gasteiger partial charge in [-0.3, -0.25) is 4.79 Å². The number of phenolic OH excluding ortho intramolecular Hbond substituents is 1. The Hall–Kier alpha value is -2.64. The highest BCUT2D eigenvalue weighted by atomic mass is 35.5. The number of aromatic hydroxyl groups is 1. The zero-order valence-electron chi connectivity index (χ0n) is 15.0. The van der Waals surface area contributed by atoms with Crippen molar-refractivity contribution in [3.8, 4) is 11.4 Å². The van der Waals surface area contributed by atoms with Crippen LogP contribution in [0.1, 0.15) is 10.4 Å². The van der Waals surface area contributed by atoms with Crippen molar-refractivity contribution in [2.45, 2.75) is 0 Å². The maximum absolute atomic E-state index is 12.3. The highest BCUT2D eigenvalue weighted by Gasteiger charge is 2.14. The Morgan fingerprint density at radius 1 is 1.12 bits per heavy atom. The lowest BCUT2D eigenvalue weighted by Gasteiger charge is -2.23. The number of carbonyl (C=O) groups excluding carboxylic acids is 1. The Kier molecular flexibility index (Phi) is 5.84. The summed E-state index contributed by atoms with van der Waals surface area (Å²) in [6, 6.07) is 12.1. The molecule has 0 spiro atoms. The van der Waals surface area contributed by atoms with Crippen LogP contribution >= 0.6 is 0 Å². The number of fused-ring (bicyclic) bond motifs is 1. The number of likely N-dealkylation sites (N-methyl/N-ethyl adjacent to an activating group) is 1. The van der Waals surface area contributed by atoms with Crippen molar-refractivity contribution < 1.29 is 26.8 Å². The second-order valence-electron chi connectivity index (χ2n) is 6.95. The first-order valence-electron chi connectivity index (χ1n) is 8.08. The number of hydrogen-bond acceptors (Lipinski definition) is 4. The van der Waals surface area contributed by atoms with Crippen LogP contribution in [0.2, 0.25) is 0 Å². The minimum atomic E-state index is -0.189. The largest absolute Gasteiger partial charge is 1.00 e. The monoisotopic (exact) mass is 375 g/mol.